The molecule has 0 atom stereocenters. The van der Waals surface area contributed by atoms with E-state index in [1.807, 2.05) is 72.4 Å². The van der Waals surface area contributed by atoms with Gasteiger partial charge in [0.15, 0.2) is 5.82 Å². The van der Waals surface area contributed by atoms with Crippen molar-refractivity contribution in [3.8, 4) is 17.1 Å². The molecule has 0 fully saturated rings. The molecule has 0 unspecified atom stereocenters. The van der Waals surface area contributed by atoms with Crippen molar-refractivity contribution in [1.82, 2.24) is 24.6 Å². The summed E-state index contributed by atoms with van der Waals surface area (Å²) in [6.45, 7) is 4.47. The van der Waals surface area contributed by atoms with Gasteiger partial charge in [-0.2, -0.15) is 5.10 Å². The molecule has 31 heavy (non-hydrogen) atoms. The largest absolute Gasteiger partial charge is 0.399 e. The third-order valence-corrected chi connectivity index (χ3v) is 6.07. The van der Waals surface area contributed by atoms with Gasteiger partial charge >= 0.3 is 0 Å². The molecule has 156 valence electrons. The van der Waals surface area contributed by atoms with Crippen LogP contribution in [0.3, 0.4) is 0 Å². The smallest absolute Gasteiger partial charge is 0.159 e. The SMILES string of the molecule is Cc1nn(-c2ccccc2)c(Cl)c1CN1CCc2nc(-c3ccc(N)cc3)ncc2C1. The Labute approximate surface area is 186 Å². The number of anilines is 1. The van der Waals surface area contributed by atoms with Crippen LogP contribution in [-0.2, 0) is 19.5 Å². The first-order valence-corrected chi connectivity index (χ1v) is 10.7. The molecule has 2 aromatic heterocycles. The number of fused-ring (bicyclic) bond motifs is 1. The van der Waals surface area contributed by atoms with Gasteiger partial charge in [0.1, 0.15) is 5.15 Å². The number of hydrogen-bond donors (Lipinski definition) is 1. The van der Waals surface area contributed by atoms with Gasteiger partial charge in [-0.05, 0) is 43.3 Å². The number of nitrogens with zero attached hydrogens (tertiary/aromatic N) is 5. The average molecular weight is 431 g/mol. The lowest BCUT2D eigenvalue weighted by atomic mass is 10.1. The van der Waals surface area contributed by atoms with E-state index in [1.54, 1.807) is 0 Å². The number of rotatable bonds is 4. The molecule has 0 saturated carbocycles. The maximum atomic E-state index is 6.72. The fourth-order valence-electron chi connectivity index (χ4n) is 3.96. The number of benzene rings is 2. The van der Waals surface area contributed by atoms with Crippen LogP contribution in [0.2, 0.25) is 5.15 Å². The van der Waals surface area contributed by atoms with E-state index in [0.29, 0.717) is 5.15 Å². The lowest BCUT2D eigenvalue weighted by molar-refractivity contribution is 0.242. The predicted octanol–water partition coefficient (Wildman–Crippen LogP) is 4.43. The van der Waals surface area contributed by atoms with Crippen LogP contribution in [0.5, 0.6) is 0 Å². The zero-order valence-corrected chi connectivity index (χ0v) is 18.0. The van der Waals surface area contributed by atoms with Crippen LogP contribution in [0, 0.1) is 6.92 Å². The first kappa shape index (κ1) is 19.7. The van der Waals surface area contributed by atoms with Crippen LogP contribution in [0.1, 0.15) is 22.5 Å². The molecule has 7 heteroatoms. The van der Waals surface area contributed by atoms with Gasteiger partial charge in [-0.15, -0.1) is 0 Å². The highest BCUT2D eigenvalue weighted by molar-refractivity contribution is 6.30. The minimum Gasteiger partial charge on any atom is -0.399 e. The summed E-state index contributed by atoms with van der Waals surface area (Å²) >= 11 is 6.72. The van der Waals surface area contributed by atoms with Crippen LogP contribution in [0.15, 0.2) is 60.8 Å². The summed E-state index contributed by atoms with van der Waals surface area (Å²) in [6.07, 6.45) is 2.82. The van der Waals surface area contributed by atoms with Crippen LogP contribution in [0.4, 0.5) is 5.69 Å². The van der Waals surface area contributed by atoms with Crippen molar-refractivity contribution < 1.29 is 0 Å². The summed E-state index contributed by atoms with van der Waals surface area (Å²) in [4.78, 5) is 11.8. The molecule has 4 aromatic rings. The second kappa shape index (κ2) is 8.13. The fraction of sp³-hybridized carbons (Fsp3) is 0.208. The number of aromatic nitrogens is 4. The summed E-state index contributed by atoms with van der Waals surface area (Å²) in [7, 11) is 0. The maximum absolute atomic E-state index is 6.72. The lowest BCUT2D eigenvalue weighted by Crippen LogP contribution is -2.31. The van der Waals surface area contributed by atoms with Crippen LogP contribution >= 0.6 is 11.6 Å². The standard InChI is InChI=1S/C24H23ClN6/c1-16-21(23(25)31(29-16)20-5-3-2-4-6-20)15-30-12-11-22-18(14-30)13-27-24(28-22)17-7-9-19(26)10-8-17/h2-10,13H,11-12,14-15,26H2,1H3. The third-order valence-electron chi connectivity index (χ3n) is 5.69. The van der Waals surface area contributed by atoms with Crippen molar-refractivity contribution in [2.75, 3.05) is 12.3 Å². The summed E-state index contributed by atoms with van der Waals surface area (Å²) in [5.41, 5.74) is 12.8. The number of hydrogen-bond acceptors (Lipinski definition) is 5. The molecule has 1 aliphatic heterocycles. The Morgan fingerprint density at radius 1 is 1.06 bits per heavy atom. The Kier molecular flexibility index (Phi) is 5.18. The molecule has 0 amide bonds. The van der Waals surface area contributed by atoms with Crippen LogP contribution in [-0.4, -0.2) is 31.2 Å². The Morgan fingerprint density at radius 2 is 1.84 bits per heavy atom. The third kappa shape index (κ3) is 3.92. The van der Waals surface area contributed by atoms with E-state index < -0.39 is 0 Å². The summed E-state index contributed by atoms with van der Waals surface area (Å²) in [5, 5.41) is 5.34. The van der Waals surface area contributed by atoms with E-state index in [2.05, 4.69) is 15.0 Å². The van der Waals surface area contributed by atoms with Gasteiger partial charge < -0.3 is 5.73 Å². The second-order valence-corrected chi connectivity index (χ2v) is 8.21. The van der Waals surface area contributed by atoms with Gasteiger partial charge in [0, 0.05) is 54.6 Å². The Bertz CT molecular complexity index is 1220. The van der Waals surface area contributed by atoms with Crippen LogP contribution < -0.4 is 5.73 Å². The topological polar surface area (TPSA) is 72.9 Å². The molecule has 0 aliphatic carbocycles. The van der Waals surface area contributed by atoms with Gasteiger partial charge in [-0.25, -0.2) is 14.6 Å². The van der Waals surface area contributed by atoms with Crippen molar-refractivity contribution in [3.63, 3.8) is 0 Å². The van der Waals surface area contributed by atoms with Gasteiger partial charge in [0.2, 0.25) is 0 Å². The van der Waals surface area contributed by atoms with E-state index in [9.17, 15) is 0 Å². The Morgan fingerprint density at radius 3 is 2.61 bits per heavy atom. The molecule has 0 bridgehead atoms. The number of aryl methyl sites for hydroxylation is 1. The van der Waals surface area contributed by atoms with Crippen molar-refractivity contribution in [1.29, 1.82) is 0 Å². The molecule has 0 spiro atoms. The molecule has 5 rings (SSSR count). The van der Waals surface area contributed by atoms with Gasteiger partial charge in [0.05, 0.1) is 17.1 Å². The highest BCUT2D eigenvalue weighted by Crippen LogP contribution is 2.27. The van der Waals surface area contributed by atoms with E-state index >= 15 is 0 Å². The first-order valence-electron chi connectivity index (χ1n) is 10.3. The number of para-hydroxylation sites is 1. The predicted molar refractivity (Wildman–Crippen MR) is 123 cm³/mol. The zero-order chi connectivity index (χ0) is 21.4. The summed E-state index contributed by atoms with van der Waals surface area (Å²) in [6, 6.07) is 17.7. The highest BCUT2D eigenvalue weighted by Gasteiger charge is 2.22. The van der Waals surface area contributed by atoms with Gasteiger partial charge in [-0.1, -0.05) is 29.8 Å². The molecule has 0 saturated heterocycles. The summed E-state index contributed by atoms with van der Waals surface area (Å²) < 4.78 is 1.81. The van der Waals surface area contributed by atoms with Crippen molar-refractivity contribution in [3.05, 3.63) is 88.5 Å². The lowest BCUT2D eigenvalue weighted by Gasteiger charge is -2.28. The van der Waals surface area contributed by atoms with E-state index in [-0.39, 0.29) is 0 Å². The number of nitrogens with two attached hydrogens (primary N) is 1. The molecular weight excluding hydrogens is 408 g/mol. The average Bonchev–Trinajstić information content (AvgIpc) is 3.08. The second-order valence-electron chi connectivity index (χ2n) is 7.85. The van der Waals surface area contributed by atoms with E-state index in [0.717, 1.165) is 71.3 Å². The first-order chi connectivity index (χ1) is 15.1. The van der Waals surface area contributed by atoms with Crippen molar-refractivity contribution in [2.24, 2.45) is 0 Å². The number of halogens is 1. The van der Waals surface area contributed by atoms with Crippen molar-refractivity contribution >= 4 is 17.3 Å². The van der Waals surface area contributed by atoms with E-state index in [1.165, 1.54) is 0 Å². The number of nitrogen functional groups attached to an aromatic ring is 1. The molecule has 2 aromatic carbocycles. The van der Waals surface area contributed by atoms with E-state index in [4.69, 9.17) is 22.3 Å². The molecule has 1 aliphatic rings. The van der Waals surface area contributed by atoms with Crippen molar-refractivity contribution in [2.45, 2.75) is 26.4 Å². The quantitative estimate of drug-likeness (QED) is 0.485. The Balaban J connectivity index is 1.35. The molecule has 0 radical (unpaired) electrons. The van der Waals surface area contributed by atoms with Gasteiger partial charge in [-0.3, -0.25) is 4.90 Å². The summed E-state index contributed by atoms with van der Waals surface area (Å²) in [5.74, 6) is 0.746. The fourth-order valence-corrected chi connectivity index (χ4v) is 4.29. The highest BCUT2D eigenvalue weighted by atomic mass is 35.5. The monoisotopic (exact) mass is 430 g/mol. The molecular formula is C24H23ClN6. The molecule has 3 heterocycles. The minimum atomic E-state index is 0.671. The molecule has 2 N–H and O–H groups in total. The minimum absolute atomic E-state index is 0.671. The van der Waals surface area contributed by atoms with Gasteiger partial charge in [0.25, 0.3) is 0 Å². The normalized spacial score (nSPS) is 13.9. The molecule has 6 nitrogen and oxygen atoms in total. The Hall–Kier alpha value is -3.22. The van der Waals surface area contributed by atoms with Crippen LogP contribution in [0.25, 0.3) is 17.1 Å². The maximum Gasteiger partial charge on any atom is 0.159 e. The zero-order valence-electron chi connectivity index (χ0n) is 17.3.